The quantitative estimate of drug-likeness (QED) is 0.380. The number of halogens is 1. The molecule has 0 amide bonds. The molecule has 170 valence electrons. The highest BCUT2D eigenvalue weighted by Crippen LogP contribution is 2.40. The predicted molar refractivity (Wildman–Crippen MR) is 127 cm³/mol. The van der Waals surface area contributed by atoms with Crippen molar-refractivity contribution >= 4 is 39.0 Å². The molecule has 2 aliphatic carbocycles. The molecule has 3 aromatic heterocycles. The molecule has 2 fully saturated rings. The van der Waals surface area contributed by atoms with Crippen LogP contribution in [0.4, 0.5) is 5.13 Å². The van der Waals surface area contributed by atoms with E-state index < -0.39 is 0 Å². The number of hydrogen-bond donors (Lipinski definition) is 2. The number of fused-ring (bicyclic) bond motifs is 1. The number of anilines is 1. The fourth-order valence-corrected chi connectivity index (χ4v) is 4.88. The Morgan fingerprint density at radius 3 is 2.94 bits per heavy atom. The number of tetrazole rings is 1. The molecule has 0 saturated heterocycles. The highest BCUT2D eigenvalue weighted by Gasteiger charge is 2.30. The van der Waals surface area contributed by atoms with Crippen LogP contribution < -0.4 is 15.6 Å². The fraction of sp³-hybridized carbons (Fsp3) is 0.409. The van der Waals surface area contributed by atoms with Gasteiger partial charge in [0.15, 0.2) is 11.0 Å². The number of aromatic nitrogens is 6. The van der Waals surface area contributed by atoms with E-state index in [4.69, 9.17) is 16.3 Å². The SMILES string of the molecule is C[C@H](Nc1ncc(-n2nnnc2C2CC2)s1)c1cc2cc(Cl)c(OCC3CC3)cc2[nH]c1=O. The minimum atomic E-state index is -0.265. The van der Waals surface area contributed by atoms with Crippen LogP contribution in [0.25, 0.3) is 15.9 Å². The van der Waals surface area contributed by atoms with Crippen molar-refractivity contribution in [3.05, 3.63) is 51.2 Å². The Bertz CT molecular complexity index is 1390. The van der Waals surface area contributed by atoms with Crippen LogP contribution in [0.3, 0.4) is 0 Å². The molecular formula is C22H22ClN7O2S. The molecule has 2 aliphatic rings. The van der Waals surface area contributed by atoms with Crippen LogP contribution in [-0.4, -0.2) is 36.8 Å². The zero-order valence-electron chi connectivity index (χ0n) is 17.9. The summed E-state index contributed by atoms with van der Waals surface area (Å²) in [5.74, 6) is 2.54. The number of hydrogen-bond acceptors (Lipinski definition) is 8. The van der Waals surface area contributed by atoms with Crippen molar-refractivity contribution in [3.8, 4) is 10.8 Å². The average molecular weight is 484 g/mol. The van der Waals surface area contributed by atoms with Crippen LogP contribution in [0.2, 0.25) is 5.02 Å². The van der Waals surface area contributed by atoms with Crippen molar-refractivity contribution in [3.63, 3.8) is 0 Å². The number of thiazole rings is 1. The lowest BCUT2D eigenvalue weighted by Gasteiger charge is -2.14. The Hall–Kier alpha value is -2.98. The third-order valence-electron chi connectivity index (χ3n) is 6.04. The van der Waals surface area contributed by atoms with Crippen molar-refractivity contribution in [1.82, 2.24) is 30.2 Å². The van der Waals surface area contributed by atoms with Gasteiger partial charge in [0.25, 0.3) is 5.56 Å². The third kappa shape index (κ3) is 4.20. The van der Waals surface area contributed by atoms with Gasteiger partial charge in [0.2, 0.25) is 0 Å². The van der Waals surface area contributed by atoms with Crippen LogP contribution in [0.5, 0.6) is 5.75 Å². The van der Waals surface area contributed by atoms with Crippen molar-refractivity contribution in [1.29, 1.82) is 0 Å². The molecule has 0 radical (unpaired) electrons. The number of aromatic amines is 1. The van der Waals surface area contributed by atoms with Crippen LogP contribution >= 0.6 is 22.9 Å². The molecule has 4 aromatic rings. The number of pyridine rings is 1. The van der Waals surface area contributed by atoms with Gasteiger partial charge in [-0.2, -0.15) is 4.68 Å². The van der Waals surface area contributed by atoms with Gasteiger partial charge in [-0.3, -0.25) is 4.79 Å². The molecule has 0 aliphatic heterocycles. The van der Waals surface area contributed by atoms with E-state index in [1.54, 1.807) is 16.9 Å². The molecule has 0 spiro atoms. The average Bonchev–Trinajstić information content (AvgIpc) is 3.72. The molecule has 0 unspecified atom stereocenters. The number of benzene rings is 1. The van der Waals surface area contributed by atoms with Crippen LogP contribution in [0, 0.1) is 5.92 Å². The van der Waals surface area contributed by atoms with Gasteiger partial charge < -0.3 is 15.0 Å². The van der Waals surface area contributed by atoms with Crippen molar-refractivity contribution in [2.45, 2.75) is 44.6 Å². The highest BCUT2D eigenvalue weighted by atomic mass is 35.5. The Kier molecular flexibility index (Phi) is 5.06. The summed E-state index contributed by atoms with van der Waals surface area (Å²) >= 11 is 7.89. The maximum atomic E-state index is 12.8. The van der Waals surface area contributed by atoms with Gasteiger partial charge in [0.05, 0.1) is 29.4 Å². The summed E-state index contributed by atoms with van der Waals surface area (Å²) in [5, 5.41) is 18.3. The molecule has 0 bridgehead atoms. The molecule has 33 heavy (non-hydrogen) atoms. The monoisotopic (exact) mass is 483 g/mol. The van der Waals surface area contributed by atoms with Crippen molar-refractivity contribution in [2.24, 2.45) is 5.92 Å². The summed E-state index contributed by atoms with van der Waals surface area (Å²) in [5.41, 5.74) is 1.14. The van der Waals surface area contributed by atoms with Crippen LogP contribution in [0.15, 0.2) is 29.2 Å². The molecule has 11 heteroatoms. The predicted octanol–water partition coefficient (Wildman–Crippen LogP) is 4.45. The first-order valence-electron chi connectivity index (χ1n) is 11.1. The zero-order chi connectivity index (χ0) is 22.5. The Labute approximate surface area is 198 Å². The van der Waals surface area contributed by atoms with E-state index in [0.29, 0.717) is 45.4 Å². The molecule has 9 nitrogen and oxygen atoms in total. The van der Waals surface area contributed by atoms with E-state index >= 15 is 0 Å². The lowest BCUT2D eigenvalue weighted by atomic mass is 10.1. The summed E-state index contributed by atoms with van der Waals surface area (Å²) in [6, 6.07) is 5.24. The van der Waals surface area contributed by atoms with E-state index in [9.17, 15) is 4.79 Å². The van der Waals surface area contributed by atoms with Crippen molar-refractivity contribution < 1.29 is 4.74 Å². The van der Waals surface area contributed by atoms with E-state index in [2.05, 4.69) is 30.8 Å². The molecule has 2 saturated carbocycles. The maximum Gasteiger partial charge on any atom is 0.253 e. The Balaban J connectivity index is 1.23. The Morgan fingerprint density at radius 2 is 2.15 bits per heavy atom. The van der Waals surface area contributed by atoms with Gasteiger partial charge in [-0.05, 0) is 61.1 Å². The normalized spacial score (nSPS) is 16.8. The van der Waals surface area contributed by atoms with Gasteiger partial charge in [0.1, 0.15) is 10.8 Å². The lowest BCUT2D eigenvalue weighted by molar-refractivity contribution is 0.300. The highest BCUT2D eigenvalue weighted by molar-refractivity contribution is 7.17. The molecule has 6 rings (SSSR count). The maximum absolute atomic E-state index is 12.8. The second-order valence-electron chi connectivity index (χ2n) is 8.77. The first-order chi connectivity index (χ1) is 16.0. The molecular weight excluding hydrogens is 462 g/mol. The van der Waals surface area contributed by atoms with E-state index in [0.717, 1.165) is 29.1 Å². The number of nitrogens with zero attached hydrogens (tertiary/aromatic N) is 5. The van der Waals surface area contributed by atoms with E-state index in [1.807, 2.05) is 19.1 Å². The number of ether oxygens (including phenoxy) is 1. The van der Waals surface area contributed by atoms with Gasteiger partial charge >= 0.3 is 0 Å². The number of nitrogens with one attached hydrogen (secondary N) is 2. The van der Waals surface area contributed by atoms with Gasteiger partial charge in [-0.15, -0.1) is 5.10 Å². The van der Waals surface area contributed by atoms with E-state index in [-0.39, 0.29) is 11.6 Å². The zero-order valence-corrected chi connectivity index (χ0v) is 19.5. The number of H-pyrrole nitrogens is 1. The van der Waals surface area contributed by atoms with Crippen LogP contribution in [0.1, 0.15) is 56.0 Å². The lowest BCUT2D eigenvalue weighted by Crippen LogP contribution is -2.19. The number of rotatable bonds is 8. The smallest absolute Gasteiger partial charge is 0.253 e. The fourth-order valence-electron chi connectivity index (χ4n) is 3.79. The standard InChI is InChI=1S/C22H22ClN7O2S/c1-11(25-22-24-9-19(33-22)30-20(13-4-5-13)27-28-29-30)15-6-14-7-16(23)18(32-10-12-2-3-12)8-17(14)26-21(15)31/h6-9,11-13H,2-5,10H2,1H3,(H,24,25)(H,26,31)/t11-/m0/s1. The first kappa shape index (κ1) is 20.6. The molecule has 2 N–H and O–H groups in total. The largest absolute Gasteiger partial charge is 0.492 e. The summed E-state index contributed by atoms with van der Waals surface area (Å²) in [6.07, 6.45) is 6.38. The first-order valence-corrected chi connectivity index (χ1v) is 12.2. The van der Waals surface area contributed by atoms with Crippen LogP contribution in [-0.2, 0) is 0 Å². The van der Waals surface area contributed by atoms with E-state index in [1.165, 1.54) is 24.2 Å². The third-order valence-corrected chi connectivity index (χ3v) is 7.24. The van der Waals surface area contributed by atoms with Crippen molar-refractivity contribution in [2.75, 3.05) is 11.9 Å². The Morgan fingerprint density at radius 1 is 1.30 bits per heavy atom. The molecule has 1 atom stereocenters. The van der Waals surface area contributed by atoms with Gasteiger partial charge in [-0.1, -0.05) is 22.9 Å². The van der Waals surface area contributed by atoms with Gasteiger partial charge in [0, 0.05) is 22.9 Å². The second kappa shape index (κ2) is 8.11. The minimum absolute atomic E-state index is 0.161. The second-order valence-corrected chi connectivity index (χ2v) is 10.2. The summed E-state index contributed by atoms with van der Waals surface area (Å²) in [4.78, 5) is 20.3. The molecule has 3 heterocycles. The summed E-state index contributed by atoms with van der Waals surface area (Å²) in [6.45, 7) is 2.59. The summed E-state index contributed by atoms with van der Waals surface area (Å²) in [7, 11) is 0. The van der Waals surface area contributed by atoms with Gasteiger partial charge in [-0.25, -0.2) is 4.98 Å². The molecule has 1 aromatic carbocycles. The topological polar surface area (TPSA) is 111 Å². The summed E-state index contributed by atoms with van der Waals surface area (Å²) < 4.78 is 7.58. The minimum Gasteiger partial charge on any atom is -0.492 e.